The van der Waals surface area contributed by atoms with Crippen LogP contribution in [0.2, 0.25) is 0 Å². The van der Waals surface area contributed by atoms with E-state index >= 15 is 0 Å². The summed E-state index contributed by atoms with van der Waals surface area (Å²) in [7, 11) is 0. The van der Waals surface area contributed by atoms with Crippen molar-refractivity contribution >= 4 is 0 Å². The second-order valence-corrected chi connectivity index (χ2v) is 4.90. The van der Waals surface area contributed by atoms with Crippen LogP contribution in [-0.2, 0) is 13.0 Å². The predicted octanol–water partition coefficient (Wildman–Crippen LogP) is 2.48. The van der Waals surface area contributed by atoms with Gasteiger partial charge in [0.1, 0.15) is 0 Å². The molecule has 1 atom stereocenters. The first kappa shape index (κ1) is 12.6. The Balaban J connectivity index is 1.77. The van der Waals surface area contributed by atoms with Gasteiger partial charge in [0.15, 0.2) is 0 Å². The fourth-order valence-electron chi connectivity index (χ4n) is 2.55. The van der Waals surface area contributed by atoms with Gasteiger partial charge in [-0.1, -0.05) is 37.6 Å². The van der Waals surface area contributed by atoms with Gasteiger partial charge in [0.05, 0.1) is 0 Å². The van der Waals surface area contributed by atoms with Gasteiger partial charge in [0, 0.05) is 19.1 Å². The van der Waals surface area contributed by atoms with Crippen LogP contribution in [-0.4, -0.2) is 19.1 Å². The van der Waals surface area contributed by atoms with Crippen LogP contribution in [0.5, 0.6) is 0 Å². The fraction of sp³-hybridized carbons (Fsp3) is 0.600. The van der Waals surface area contributed by atoms with Crippen LogP contribution < -0.4 is 10.6 Å². The smallest absolute Gasteiger partial charge is 0.0208 e. The molecule has 0 aliphatic carbocycles. The van der Waals surface area contributed by atoms with Crippen LogP contribution in [0.4, 0.5) is 0 Å². The zero-order valence-corrected chi connectivity index (χ0v) is 10.8. The molecule has 0 spiro atoms. The topological polar surface area (TPSA) is 24.1 Å². The summed E-state index contributed by atoms with van der Waals surface area (Å²) in [4.78, 5) is 0. The molecule has 1 unspecified atom stereocenters. The maximum absolute atomic E-state index is 3.58. The van der Waals surface area contributed by atoms with E-state index in [0.717, 1.165) is 19.5 Å². The van der Waals surface area contributed by atoms with E-state index < -0.39 is 0 Å². The third-order valence-corrected chi connectivity index (χ3v) is 3.62. The van der Waals surface area contributed by atoms with Gasteiger partial charge in [-0.15, -0.1) is 0 Å². The lowest BCUT2D eigenvalue weighted by Crippen LogP contribution is -2.41. The Labute approximate surface area is 105 Å². The molecule has 1 aromatic carbocycles. The molecule has 1 aliphatic rings. The summed E-state index contributed by atoms with van der Waals surface area (Å²) in [6.07, 6.45) is 5.17. The van der Waals surface area contributed by atoms with Gasteiger partial charge in [-0.3, -0.25) is 0 Å². The highest BCUT2D eigenvalue weighted by atomic mass is 15.0. The molecule has 1 fully saturated rings. The number of hydrogen-bond acceptors (Lipinski definition) is 2. The van der Waals surface area contributed by atoms with Crippen LogP contribution in [0.1, 0.15) is 37.3 Å². The summed E-state index contributed by atoms with van der Waals surface area (Å²) in [5, 5.41) is 7.16. The van der Waals surface area contributed by atoms with E-state index in [-0.39, 0.29) is 0 Å². The van der Waals surface area contributed by atoms with E-state index in [1.54, 1.807) is 0 Å². The average Bonchev–Trinajstić information content (AvgIpc) is 2.40. The Morgan fingerprint density at radius 1 is 1.24 bits per heavy atom. The van der Waals surface area contributed by atoms with E-state index in [9.17, 15) is 0 Å². The number of rotatable bonds is 5. The Hall–Kier alpha value is -0.860. The highest BCUT2D eigenvalue weighted by Gasteiger charge is 2.11. The minimum Gasteiger partial charge on any atom is -0.313 e. The molecule has 0 amide bonds. The van der Waals surface area contributed by atoms with E-state index in [1.165, 1.54) is 36.9 Å². The molecular formula is C15H24N2. The molecule has 2 rings (SSSR count). The maximum Gasteiger partial charge on any atom is 0.0208 e. The molecule has 0 bridgehead atoms. The first-order valence-electron chi connectivity index (χ1n) is 6.91. The van der Waals surface area contributed by atoms with E-state index in [4.69, 9.17) is 0 Å². The molecule has 0 aromatic heterocycles. The average molecular weight is 232 g/mol. The second kappa shape index (κ2) is 6.77. The van der Waals surface area contributed by atoms with Crippen molar-refractivity contribution in [3.05, 3.63) is 35.4 Å². The van der Waals surface area contributed by atoms with Gasteiger partial charge in [-0.25, -0.2) is 0 Å². The van der Waals surface area contributed by atoms with Crippen LogP contribution >= 0.6 is 0 Å². The summed E-state index contributed by atoms with van der Waals surface area (Å²) in [5.41, 5.74) is 2.92. The molecule has 1 saturated heterocycles. The molecule has 1 aliphatic heterocycles. The minimum atomic E-state index is 0.678. The number of aryl methyl sites for hydroxylation is 1. The Morgan fingerprint density at radius 3 is 2.76 bits per heavy atom. The van der Waals surface area contributed by atoms with Gasteiger partial charge >= 0.3 is 0 Å². The molecule has 2 N–H and O–H groups in total. The molecule has 0 radical (unpaired) electrons. The molecule has 2 heteroatoms. The van der Waals surface area contributed by atoms with Gasteiger partial charge in [-0.05, 0) is 36.9 Å². The van der Waals surface area contributed by atoms with E-state index in [2.05, 4.69) is 41.8 Å². The summed E-state index contributed by atoms with van der Waals surface area (Å²) >= 11 is 0. The summed E-state index contributed by atoms with van der Waals surface area (Å²) in [6.45, 7) is 5.51. The monoisotopic (exact) mass is 232 g/mol. The van der Waals surface area contributed by atoms with Crippen LogP contribution in [0.25, 0.3) is 0 Å². The summed E-state index contributed by atoms with van der Waals surface area (Å²) < 4.78 is 0. The Morgan fingerprint density at radius 2 is 2.06 bits per heavy atom. The first-order chi connectivity index (χ1) is 8.40. The lowest BCUT2D eigenvalue weighted by Gasteiger charge is -2.23. The van der Waals surface area contributed by atoms with Crippen molar-refractivity contribution < 1.29 is 0 Å². The Bertz CT molecular complexity index is 329. The lowest BCUT2D eigenvalue weighted by atomic mass is 10.0. The maximum atomic E-state index is 3.58. The quantitative estimate of drug-likeness (QED) is 0.815. The largest absolute Gasteiger partial charge is 0.313 e. The van der Waals surface area contributed by atoms with Crippen molar-refractivity contribution in [1.82, 2.24) is 10.6 Å². The van der Waals surface area contributed by atoms with Crippen molar-refractivity contribution in [2.24, 2.45) is 0 Å². The second-order valence-electron chi connectivity index (χ2n) is 4.90. The molecule has 1 aromatic rings. The van der Waals surface area contributed by atoms with Crippen molar-refractivity contribution in [3.8, 4) is 0 Å². The van der Waals surface area contributed by atoms with Crippen molar-refractivity contribution in [1.29, 1.82) is 0 Å². The van der Waals surface area contributed by atoms with Crippen molar-refractivity contribution in [2.45, 2.75) is 45.2 Å². The van der Waals surface area contributed by atoms with Gasteiger partial charge in [0.25, 0.3) is 0 Å². The van der Waals surface area contributed by atoms with Crippen molar-refractivity contribution in [3.63, 3.8) is 0 Å². The molecule has 17 heavy (non-hydrogen) atoms. The SMILES string of the molecule is CCc1ccccc1CNCC1CCCCN1. The van der Waals surface area contributed by atoms with E-state index in [0.29, 0.717) is 6.04 Å². The zero-order chi connectivity index (χ0) is 11.9. The molecule has 0 saturated carbocycles. The van der Waals surface area contributed by atoms with Gasteiger partial charge < -0.3 is 10.6 Å². The standard InChI is InChI=1S/C15H24N2/c1-2-13-7-3-4-8-14(13)11-16-12-15-9-5-6-10-17-15/h3-4,7-8,15-17H,2,5-6,9-12H2,1H3. The molecule has 2 nitrogen and oxygen atoms in total. The van der Waals surface area contributed by atoms with Crippen LogP contribution in [0, 0.1) is 0 Å². The molecule has 1 heterocycles. The third-order valence-electron chi connectivity index (χ3n) is 3.62. The molecule has 94 valence electrons. The summed E-state index contributed by atoms with van der Waals surface area (Å²) in [5.74, 6) is 0. The van der Waals surface area contributed by atoms with Gasteiger partial charge in [-0.2, -0.15) is 0 Å². The molecular weight excluding hydrogens is 208 g/mol. The number of hydrogen-bond donors (Lipinski definition) is 2. The number of piperidine rings is 1. The Kier molecular flexibility index (Phi) is 5.02. The predicted molar refractivity (Wildman–Crippen MR) is 73.2 cm³/mol. The third kappa shape index (κ3) is 3.83. The highest BCUT2D eigenvalue weighted by Crippen LogP contribution is 2.10. The van der Waals surface area contributed by atoms with Gasteiger partial charge in [0.2, 0.25) is 0 Å². The minimum absolute atomic E-state index is 0.678. The van der Waals surface area contributed by atoms with Crippen molar-refractivity contribution in [2.75, 3.05) is 13.1 Å². The normalized spacial score (nSPS) is 20.4. The van der Waals surface area contributed by atoms with Crippen LogP contribution in [0.3, 0.4) is 0 Å². The van der Waals surface area contributed by atoms with E-state index in [1.807, 2.05) is 0 Å². The summed E-state index contributed by atoms with van der Waals surface area (Å²) in [6, 6.07) is 9.41. The number of nitrogens with one attached hydrogen (secondary N) is 2. The zero-order valence-electron chi connectivity index (χ0n) is 10.8. The highest BCUT2D eigenvalue weighted by molar-refractivity contribution is 5.26. The lowest BCUT2D eigenvalue weighted by molar-refractivity contribution is 0.383. The number of benzene rings is 1. The fourth-order valence-corrected chi connectivity index (χ4v) is 2.55. The van der Waals surface area contributed by atoms with Crippen LogP contribution in [0.15, 0.2) is 24.3 Å². The first-order valence-corrected chi connectivity index (χ1v) is 6.91.